The number of piperidine rings is 1. The molecule has 94 valence electrons. The second-order valence-corrected chi connectivity index (χ2v) is 5.64. The van der Waals surface area contributed by atoms with Crippen molar-refractivity contribution in [2.45, 2.75) is 31.7 Å². The van der Waals surface area contributed by atoms with Crippen molar-refractivity contribution in [1.82, 2.24) is 4.90 Å². The SMILES string of the molecule is CN1CCCCC1CCOc1ccc(Br)cc1. The van der Waals surface area contributed by atoms with Crippen LogP contribution in [0.1, 0.15) is 25.7 Å². The molecule has 1 unspecified atom stereocenters. The summed E-state index contributed by atoms with van der Waals surface area (Å²) >= 11 is 3.42. The molecule has 1 atom stereocenters. The fourth-order valence-electron chi connectivity index (χ4n) is 2.35. The molecule has 0 amide bonds. The smallest absolute Gasteiger partial charge is 0.119 e. The second kappa shape index (κ2) is 6.41. The van der Waals surface area contributed by atoms with Crippen LogP contribution in [0.3, 0.4) is 0 Å². The summed E-state index contributed by atoms with van der Waals surface area (Å²) in [4.78, 5) is 2.47. The Balaban J connectivity index is 1.73. The van der Waals surface area contributed by atoms with E-state index in [0.717, 1.165) is 23.2 Å². The topological polar surface area (TPSA) is 12.5 Å². The molecule has 0 radical (unpaired) electrons. The van der Waals surface area contributed by atoms with E-state index in [1.807, 2.05) is 24.3 Å². The number of likely N-dealkylation sites (tertiary alicyclic amines) is 1. The molecule has 2 rings (SSSR count). The first-order valence-electron chi connectivity index (χ1n) is 6.34. The van der Waals surface area contributed by atoms with Gasteiger partial charge in [0.15, 0.2) is 0 Å². The lowest BCUT2D eigenvalue weighted by Gasteiger charge is -2.32. The van der Waals surface area contributed by atoms with E-state index in [9.17, 15) is 0 Å². The predicted octanol–water partition coefficient (Wildman–Crippen LogP) is 3.70. The van der Waals surface area contributed by atoms with Crippen LogP contribution in [-0.2, 0) is 0 Å². The highest BCUT2D eigenvalue weighted by Crippen LogP contribution is 2.19. The lowest BCUT2D eigenvalue weighted by molar-refractivity contribution is 0.153. The van der Waals surface area contributed by atoms with Gasteiger partial charge in [0.25, 0.3) is 0 Å². The largest absolute Gasteiger partial charge is 0.494 e. The van der Waals surface area contributed by atoms with Gasteiger partial charge in [-0.05, 0) is 57.1 Å². The summed E-state index contributed by atoms with van der Waals surface area (Å²) in [7, 11) is 2.23. The third-order valence-corrected chi connectivity index (χ3v) is 3.98. The number of ether oxygens (including phenoxy) is 1. The summed E-state index contributed by atoms with van der Waals surface area (Å²) < 4.78 is 6.86. The first kappa shape index (κ1) is 12.9. The van der Waals surface area contributed by atoms with Crippen molar-refractivity contribution < 1.29 is 4.74 Å². The highest BCUT2D eigenvalue weighted by molar-refractivity contribution is 9.10. The molecule has 1 aromatic rings. The molecule has 0 aromatic heterocycles. The zero-order valence-corrected chi connectivity index (χ0v) is 11.9. The normalized spacial score (nSPS) is 21.4. The van der Waals surface area contributed by atoms with Crippen molar-refractivity contribution >= 4 is 15.9 Å². The maximum absolute atomic E-state index is 5.76. The van der Waals surface area contributed by atoms with Gasteiger partial charge in [0.1, 0.15) is 5.75 Å². The van der Waals surface area contributed by atoms with Gasteiger partial charge in [-0.25, -0.2) is 0 Å². The number of rotatable bonds is 4. The van der Waals surface area contributed by atoms with Crippen molar-refractivity contribution in [1.29, 1.82) is 0 Å². The zero-order chi connectivity index (χ0) is 12.1. The van der Waals surface area contributed by atoms with Gasteiger partial charge in [-0.15, -0.1) is 0 Å². The number of nitrogens with zero attached hydrogens (tertiary/aromatic N) is 1. The van der Waals surface area contributed by atoms with Gasteiger partial charge in [0, 0.05) is 10.5 Å². The Morgan fingerprint density at radius 3 is 2.76 bits per heavy atom. The quantitative estimate of drug-likeness (QED) is 0.840. The third-order valence-electron chi connectivity index (χ3n) is 3.45. The van der Waals surface area contributed by atoms with E-state index < -0.39 is 0 Å². The van der Waals surface area contributed by atoms with E-state index in [1.54, 1.807) is 0 Å². The Morgan fingerprint density at radius 2 is 2.06 bits per heavy atom. The van der Waals surface area contributed by atoms with Crippen LogP contribution in [0.4, 0.5) is 0 Å². The Labute approximate surface area is 112 Å². The molecule has 1 aromatic carbocycles. The van der Waals surface area contributed by atoms with Crippen LogP contribution in [0.5, 0.6) is 5.75 Å². The average molecular weight is 298 g/mol. The van der Waals surface area contributed by atoms with E-state index in [2.05, 4.69) is 27.9 Å². The molecular formula is C14H20BrNO. The van der Waals surface area contributed by atoms with Crippen LogP contribution in [0, 0.1) is 0 Å². The van der Waals surface area contributed by atoms with E-state index in [0.29, 0.717) is 6.04 Å². The lowest BCUT2D eigenvalue weighted by Crippen LogP contribution is -2.37. The molecule has 1 saturated heterocycles. The molecule has 1 aliphatic rings. The monoisotopic (exact) mass is 297 g/mol. The summed E-state index contributed by atoms with van der Waals surface area (Å²) in [5.74, 6) is 0.965. The van der Waals surface area contributed by atoms with Crippen molar-refractivity contribution in [2.75, 3.05) is 20.2 Å². The fraction of sp³-hybridized carbons (Fsp3) is 0.571. The van der Waals surface area contributed by atoms with Crippen molar-refractivity contribution in [3.8, 4) is 5.75 Å². The first-order chi connectivity index (χ1) is 8.25. The van der Waals surface area contributed by atoms with Gasteiger partial charge < -0.3 is 9.64 Å². The third kappa shape index (κ3) is 4.00. The Morgan fingerprint density at radius 1 is 1.29 bits per heavy atom. The van der Waals surface area contributed by atoms with Gasteiger partial charge in [-0.3, -0.25) is 0 Å². The minimum Gasteiger partial charge on any atom is -0.494 e. The van der Waals surface area contributed by atoms with Crippen molar-refractivity contribution in [3.05, 3.63) is 28.7 Å². The molecule has 2 nitrogen and oxygen atoms in total. The molecular weight excluding hydrogens is 278 g/mol. The van der Waals surface area contributed by atoms with Crippen LogP contribution < -0.4 is 4.74 Å². The van der Waals surface area contributed by atoms with E-state index in [1.165, 1.54) is 25.8 Å². The minimum atomic E-state index is 0.708. The number of benzene rings is 1. The van der Waals surface area contributed by atoms with Crippen LogP contribution in [0.25, 0.3) is 0 Å². The Hall–Kier alpha value is -0.540. The van der Waals surface area contributed by atoms with Gasteiger partial charge in [-0.1, -0.05) is 22.4 Å². The number of hydrogen-bond donors (Lipinski definition) is 0. The molecule has 1 heterocycles. The Bertz CT molecular complexity index is 339. The minimum absolute atomic E-state index is 0.708. The van der Waals surface area contributed by atoms with Gasteiger partial charge in [0.05, 0.1) is 6.61 Å². The van der Waals surface area contributed by atoms with Gasteiger partial charge >= 0.3 is 0 Å². The summed E-state index contributed by atoms with van der Waals surface area (Å²) in [5, 5.41) is 0. The predicted molar refractivity (Wildman–Crippen MR) is 74.5 cm³/mol. The Kier molecular flexibility index (Phi) is 4.86. The average Bonchev–Trinajstić information content (AvgIpc) is 2.34. The standard InChI is InChI=1S/C14H20BrNO/c1-16-10-3-2-4-13(16)9-11-17-14-7-5-12(15)6-8-14/h5-8,13H,2-4,9-11H2,1H3. The molecule has 0 aliphatic carbocycles. The van der Waals surface area contributed by atoms with Crippen molar-refractivity contribution in [2.24, 2.45) is 0 Å². The summed E-state index contributed by atoms with van der Waals surface area (Å²) in [6.07, 6.45) is 5.17. The lowest BCUT2D eigenvalue weighted by atomic mass is 10.0. The molecule has 1 aliphatic heterocycles. The number of halogens is 1. The fourth-order valence-corrected chi connectivity index (χ4v) is 2.62. The van der Waals surface area contributed by atoms with Gasteiger partial charge in [0.2, 0.25) is 0 Å². The maximum atomic E-state index is 5.76. The van der Waals surface area contributed by atoms with E-state index in [-0.39, 0.29) is 0 Å². The van der Waals surface area contributed by atoms with Crippen molar-refractivity contribution in [3.63, 3.8) is 0 Å². The van der Waals surface area contributed by atoms with Crippen LogP contribution in [-0.4, -0.2) is 31.1 Å². The molecule has 3 heteroatoms. The van der Waals surface area contributed by atoms with E-state index in [4.69, 9.17) is 4.74 Å². The molecule has 1 fully saturated rings. The van der Waals surface area contributed by atoms with Crippen LogP contribution in [0.15, 0.2) is 28.7 Å². The first-order valence-corrected chi connectivity index (χ1v) is 7.13. The van der Waals surface area contributed by atoms with Gasteiger partial charge in [-0.2, -0.15) is 0 Å². The maximum Gasteiger partial charge on any atom is 0.119 e. The molecule has 0 bridgehead atoms. The number of hydrogen-bond acceptors (Lipinski definition) is 2. The second-order valence-electron chi connectivity index (χ2n) is 4.72. The summed E-state index contributed by atoms with van der Waals surface area (Å²) in [5.41, 5.74) is 0. The molecule has 0 saturated carbocycles. The highest BCUT2D eigenvalue weighted by Gasteiger charge is 2.18. The molecule has 0 N–H and O–H groups in total. The summed E-state index contributed by atoms with van der Waals surface area (Å²) in [6.45, 7) is 2.06. The molecule has 0 spiro atoms. The van der Waals surface area contributed by atoms with Crippen LogP contribution >= 0.6 is 15.9 Å². The molecule has 17 heavy (non-hydrogen) atoms. The summed E-state index contributed by atoms with van der Waals surface area (Å²) in [6, 6.07) is 8.76. The van der Waals surface area contributed by atoms with Crippen LogP contribution in [0.2, 0.25) is 0 Å². The zero-order valence-electron chi connectivity index (χ0n) is 10.4. The highest BCUT2D eigenvalue weighted by atomic mass is 79.9. The van der Waals surface area contributed by atoms with E-state index >= 15 is 0 Å².